The number of hydrogen-bond acceptors (Lipinski definition) is 5. The molecule has 0 radical (unpaired) electrons. The third kappa shape index (κ3) is 3.95. The Hall–Kier alpha value is -3.03. The van der Waals surface area contributed by atoms with E-state index >= 15 is 0 Å². The van der Waals surface area contributed by atoms with Gasteiger partial charge in [-0.15, -0.1) is 11.3 Å². The Balaban J connectivity index is 1.60. The lowest BCUT2D eigenvalue weighted by molar-refractivity contribution is 0.601. The molecule has 4 aromatic rings. The molecule has 0 unspecified atom stereocenters. The van der Waals surface area contributed by atoms with Crippen LogP contribution in [0.5, 0.6) is 0 Å². The average molecular weight is 408 g/mol. The third-order valence-corrected chi connectivity index (χ3v) is 6.44. The number of benzene rings is 2. The second kappa shape index (κ2) is 7.53. The van der Waals surface area contributed by atoms with Crippen LogP contribution in [-0.4, -0.2) is 18.4 Å². The largest absolute Gasteiger partial charge is 0.280 e. The van der Waals surface area contributed by atoms with Gasteiger partial charge in [0.1, 0.15) is 5.01 Å². The molecule has 2 aromatic heterocycles. The minimum atomic E-state index is -3.64. The van der Waals surface area contributed by atoms with Gasteiger partial charge in [-0.1, -0.05) is 29.8 Å². The lowest BCUT2D eigenvalue weighted by atomic mass is 10.2. The predicted octanol–water partition coefficient (Wildman–Crippen LogP) is 4.98. The molecule has 0 aliphatic rings. The number of aryl methyl sites for hydroxylation is 1. The van der Waals surface area contributed by atoms with Crippen LogP contribution in [0.15, 0.2) is 83.3 Å². The molecule has 2 aromatic carbocycles. The van der Waals surface area contributed by atoms with E-state index in [2.05, 4.69) is 14.7 Å². The Labute approximate surface area is 167 Å². The maximum absolute atomic E-state index is 12.6. The van der Waals surface area contributed by atoms with Crippen LogP contribution in [0.25, 0.3) is 21.8 Å². The minimum absolute atomic E-state index is 0.233. The lowest BCUT2D eigenvalue weighted by Gasteiger charge is -2.09. The second-order valence-electron chi connectivity index (χ2n) is 6.28. The average Bonchev–Trinajstić information content (AvgIpc) is 3.19. The SMILES string of the molecule is Cc1ccc(S(=O)(=O)Nc2cccc(-c3nc(-c4cccnc4)cs3)c2)cc1. The predicted molar refractivity (Wildman–Crippen MR) is 113 cm³/mol. The molecule has 28 heavy (non-hydrogen) atoms. The summed E-state index contributed by atoms with van der Waals surface area (Å²) in [6, 6.07) is 17.8. The molecule has 0 bridgehead atoms. The maximum Gasteiger partial charge on any atom is 0.261 e. The van der Waals surface area contributed by atoms with Crippen molar-refractivity contribution in [3.05, 3.63) is 84.0 Å². The van der Waals surface area contributed by atoms with Gasteiger partial charge < -0.3 is 0 Å². The first-order chi connectivity index (χ1) is 13.5. The molecule has 7 heteroatoms. The monoisotopic (exact) mass is 407 g/mol. The summed E-state index contributed by atoms with van der Waals surface area (Å²) < 4.78 is 27.9. The molecule has 0 saturated carbocycles. The number of sulfonamides is 1. The fourth-order valence-electron chi connectivity index (χ4n) is 2.70. The number of nitrogens with zero attached hydrogens (tertiary/aromatic N) is 2. The zero-order valence-corrected chi connectivity index (χ0v) is 16.7. The fraction of sp³-hybridized carbons (Fsp3) is 0.0476. The zero-order valence-electron chi connectivity index (χ0n) is 15.0. The van der Waals surface area contributed by atoms with Gasteiger partial charge in [0.05, 0.1) is 10.6 Å². The summed E-state index contributed by atoms with van der Waals surface area (Å²) in [5, 5.41) is 2.78. The summed E-state index contributed by atoms with van der Waals surface area (Å²) in [5.74, 6) is 0. The molecule has 0 aliphatic heterocycles. The number of thiazole rings is 1. The van der Waals surface area contributed by atoms with Crippen LogP contribution in [0.4, 0.5) is 5.69 Å². The highest BCUT2D eigenvalue weighted by atomic mass is 32.2. The molecule has 0 fully saturated rings. The Kier molecular flexibility index (Phi) is 4.93. The van der Waals surface area contributed by atoms with Crippen molar-refractivity contribution in [1.82, 2.24) is 9.97 Å². The zero-order chi connectivity index (χ0) is 19.6. The van der Waals surface area contributed by atoms with Crippen LogP contribution in [-0.2, 0) is 10.0 Å². The van der Waals surface area contributed by atoms with Crippen molar-refractivity contribution in [2.75, 3.05) is 4.72 Å². The van der Waals surface area contributed by atoms with Gasteiger partial charge in [-0.05, 0) is 43.3 Å². The summed E-state index contributed by atoms with van der Waals surface area (Å²) in [5.41, 5.74) is 4.15. The normalized spacial score (nSPS) is 11.3. The molecule has 140 valence electrons. The van der Waals surface area contributed by atoms with Crippen molar-refractivity contribution in [2.24, 2.45) is 0 Å². The van der Waals surface area contributed by atoms with Crippen molar-refractivity contribution in [3.63, 3.8) is 0 Å². The van der Waals surface area contributed by atoms with E-state index < -0.39 is 10.0 Å². The highest BCUT2D eigenvalue weighted by Crippen LogP contribution is 2.30. The molecule has 4 rings (SSSR count). The van der Waals surface area contributed by atoms with E-state index in [0.29, 0.717) is 5.69 Å². The first-order valence-electron chi connectivity index (χ1n) is 8.57. The smallest absolute Gasteiger partial charge is 0.261 e. The van der Waals surface area contributed by atoms with Gasteiger partial charge in [-0.2, -0.15) is 0 Å². The number of anilines is 1. The molecule has 0 aliphatic carbocycles. The standard InChI is InChI=1S/C21H17N3O2S2/c1-15-7-9-19(10-8-15)28(25,26)24-18-6-2-4-16(12-18)21-23-20(14-27-21)17-5-3-11-22-13-17/h2-14,24H,1H3. The topological polar surface area (TPSA) is 72.0 Å². The number of hydrogen-bond donors (Lipinski definition) is 1. The highest BCUT2D eigenvalue weighted by molar-refractivity contribution is 7.92. The third-order valence-electron chi connectivity index (χ3n) is 4.15. The van der Waals surface area contributed by atoms with Crippen LogP contribution in [0.1, 0.15) is 5.56 Å². The Morgan fingerprint density at radius 2 is 1.75 bits per heavy atom. The second-order valence-corrected chi connectivity index (χ2v) is 8.82. The molecule has 0 spiro atoms. The van der Waals surface area contributed by atoms with Crippen LogP contribution in [0.2, 0.25) is 0 Å². The van der Waals surface area contributed by atoms with Gasteiger partial charge in [0.2, 0.25) is 0 Å². The van der Waals surface area contributed by atoms with Crippen molar-refractivity contribution in [3.8, 4) is 21.8 Å². The van der Waals surface area contributed by atoms with E-state index in [-0.39, 0.29) is 4.90 Å². The summed E-state index contributed by atoms with van der Waals surface area (Å²) in [6.07, 6.45) is 3.49. The van der Waals surface area contributed by atoms with E-state index in [9.17, 15) is 8.42 Å². The van der Waals surface area contributed by atoms with E-state index in [1.165, 1.54) is 11.3 Å². The number of aromatic nitrogens is 2. The highest BCUT2D eigenvalue weighted by Gasteiger charge is 2.15. The summed E-state index contributed by atoms with van der Waals surface area (Å²) in [6.45, 7) is 1.92. The number of nitrogens with one attached hydrogen (secondary N) is 1. The summed E-state index contributed by atoms with van der Waals surface area (Å²) in [4.78, 5) is 9.01. The number of rotatable bonds is 5. The van der Waals surface area contributed by atoms with Gasteiger partial charge >= 0.3 is 0 Å². The van der Waals surface area contributed by atoms with E-state index in [1.807, 2.05) is 36.6 Å². The van der Waals surface area contributed by atoms with Crippen LogP contribution in [0.3, 0.4) is 0 Å². The molecule has 0 saturated heterocycles. The van der Waals surface area contributed by atoms with Crippen molar-refractivity contribution in [1.29, 1.82) is 0 Å². The van der Waals surface area contributed by atoms with Gasteiger partial charge in [0.25, 0.3) is 10.0 Å². The maximum atomic E-state index is 12.6. The van der Waals surface area contributed by atoms with Crippen LogP contribution in [0, 0.1) is 6.92 Å². The molecular weight excluding hydrogens is 390 g/mol. The van der Waals surface area contributed by atoms with E-state index in [4.69, 9.17) is 0 Å². The summed E-state index contributed by atoms with van der Waals surface area (Å²) in [7, 11) is -3.64. The molecule has 5 nitrogen and oxygen atoms in total. The van der Waals surface area contributed by atoms with Crippen LogP contribution >= 0.6 is 11.3 Å². The van der Waals surface area contributed by atoms with Crippen molar-refractivity contribution >= 4 is 27.0 Å². The van der Waals surface area contributed by atoms with Crippen molar-refractivity contribution < 1.29 is 8.42 Å². The molecule has 2 heterocycles. The van der Waals surface area contributed by atoms with E-state index in [0.717, 1.165) is 27.4 Å². The van der Waals surface area contributed by atoms with Gasteiger partial charge in [0, 0.05) is 34.6 Å². The molecule has 1 N–H and O–H groups in total. The lowest BCUT2D eigenvalue weighted by Crippen LogP contribution is -2.12. The summed E-state index contributed by atoms with van der Waals surface area (Å²) >= 11 is 1.51. The van der Waals surface area contributed by atoms with Gasteiger partial charge in [-0.3, -0.25) is 9.71 Å². The van der Waals surface area contributed by atoms with Crippen LogP contribution < -0.4 is 4.72 Å². The van der Waals surface area contributed by atoms with Gasteiger partial charge in [-0.25, -0.2) is 13.4 Å². The Morgan fingerprint density at radius 1 is 0.964 bits per heavy atom. The van der Waals surface area contributed by atoms with E-state index in [1.54, 1.807) is 48.8 Å². The quantitative estimate of drug-likeness (QED) is 0.506. The Morgan fingerprint density at radius 3 is 2.50 bits per heavy atom. The number of pyridine rings is 1. The van der Waals surface area contributed by atoms with Crippen molar-refractivity contribution in [2.45, 2.75) is 11.8 Å². The fourth-order valence-corrected chi connectivity index (χ4v) is 4.58. The first kappa shape index (κ1) is 18.3. The molecular formula is C21H17N3O2S2. The Bertz CT molecular complexity index is 1200. The molecule has 0 amide bonds. The molecule has 0 atom stereocenters. The van der Waals surface area contributed by atoms with Gasteiger partial charge in [0.15, 0.2) is 0 Å². The first-order valence-corrected chi connectivity index (χ1v) is 10.9. The minimum Gasteiger partial charge on any atom is -0.280 e.